The molecule has 1 aromatic rings. The molecule has 154 valence electrons. The van der Waals surface area contributed by atoms with E-state index in [0.717, 1.165) is 50.0 Å². The van der Waals surface area contributed by atoms with E-state index in [2.05, 4.69) is 24.1 Å². The Morgan fingerprint density at radius 2 is 2.00 bits per heavy atom. The average Bonchev–Trinajstić information content (AvgIpc) is 3.06. The molecule has 1 aliphatic heterocycles. The van der Waals surface area contributed by atoms with Crippen LogP contribution in [0.1, 0.15) is 65.2 Å². The molecule has 0 bridgehead atoms. The van der Waals surface area contributed by atoms with E-state index in [-0.39, 0.29) is 27.8 Å². The van der Waals surface area contributed by atoms with E-state index in [9.17, 15) is 9.59 Å². The average molecular weight is 411 g/mol. The first-order chi connectivity index (χ1) is 13.9. The molecule has 2 saturated carbocycles. The summed E-state index contributed by atoms with van der Waals surface area (Å²) in [4.78, 5) is 29.5. The lowest BCUT2D eigenvalue weighted by Crippen LogP contribution is -2.57. The number of piperidine rings is 1. The fourth-order valence-electron chi connectivity index (χ4n) is 6.90. The molecule has 1 amide bonds. The van der Waals surface area contributed by atoms with Crippen LogP contribution in [-0.2, 0) is 9.59 Å². The number of pyridine rings is 1. The van der Waals surface area contributed by atoms with Crippen molar-refractivity contribution < 1.29 is 9.59 Å². The Labute approximate surface area is 177 Å². The number of rotatable bonds is 2. The van der Waals surface area contributed by atoms with E-state index in [1.807, 2.05) is 18.2 Å². The molecule has 4 aliphatic rings. The highest BCUT2D eigenvalue weighted by atomic mass is 32.2. The van der Waals surface area contributed by atoms with Crippen LogP contribution in [0.2, 0.25) is 0 Å². The molecule has 3 fully saturated rings. The van der Waals surface area contributed by atoms with Crippen LogP contribution < -0.4 is 5.32 Å². The molecule has 4 nitrogen and oxygen atoms in total. The molecular weight excluding hydrogens is 380 g/mol. The standard InChI is InChI=1S/C24H30N2O2S/c1-23-12-10-17-15(6-9-19-24(17,2)13-11-20(27)26-19)16(23)7-8-18(23)22(28)29-21-5-3-4-14-25-21/h3-5,14,17-19H,6-13H2,1-2H3,(H,26,27)/t17?,18-,19?,23+,24-/m1/s1. The Morgan fingerprint density at radius 3 is 2.79 bits per heavy atom. The maximum absolute atomic E-state index is 13.2. The molecular formula is C24H30N2O2S. The van der Waals surface area contributed by atoms with Gasteiger partial charge in [0.05, 0.1) is 0 Å². The van der Waals surface area contributed by atoms with Crippen molar-refractivity contribution in [3.63, 3.8) is 0 Å². The first-order valence-electron chi connectivity index (χ1n) is 11.1. The maximum atomic E-state index is 13.2. The number of thioether (sulfide) groups is 1. The lowest BCUT2D eigenvalue weighted by molar-refractivity contribution is -0.128. The van der Waals surface area contributed by atoms with Gasteiger partial charge in [-0.1, -0.05) is 31.1 Å². The predicted molar refractivity (Wildman–Crippen MR) is 114 cm³/mol. The fourth-order valence-corrected chi connectivity index (χ4v) is 7.89. The molecule has 2 heterocycles. The van der Waals surface area contributed by atoms with E-state index >= 15 is 0 Å². The van der Waals surface area contributed by atoms with Gasteiger partial charge in [-0.15, -0.1) is 0 Å². The highest BCUT2D eigenvalue weighted by Crippen LogP contribution is 2.63. The first-order valence-corrected chi connectivity index (χ1v) is 11.9. The normalized spacial score (nSPS) is 38.7. The zero-order valence-electron chi connectivity index (χ0n) is 17.4. The van der Waals surface area contributed by atoms with Gasteiger partial charge in [0.2, 0.25) is 5.91 Å². The Kier molecular flexibility index (Phi) is 4.65. The number of nitrogens with zero attached hydrogens (tertiary/aromatic N) is 1. The van der Waals surface area contributed by atoms with Crippen LogP contribution in [0.25, 0.3) is 0 Å². The minimum Gasteiger partial charge on any atom is -0.353 e. The van der Waals surface area contributed by atoms with Crippen LogP contribution >= 0.6 is 11.8 Å². The number of amides is 1. The minimum absolute atomic E-state index is 0.00576. The molecule has 0 spiro atoms. The van der Waals surface area contributed by atoms with Crippen LogP contribution in [0.3, 0.4) is 0 Å². The maximum Gasteiger partial charge on any atom is 0.220 e. The van der Waals surface area contributed by atoms with E-state index in [0.29, 0.717) is 18.4 Å². The van der Waals surface area contributed by atoms with Crippen molar-refractivity contribution in [2.75, 3.05) is 0 Å². The SMILES string of the molecule is C[C@]12CCC(=O)NC1CCC1=C3CC[C@H](C(=O)Sc4ccccn4)[C@@]3(C)CCC12. The van der Waals surface area contributed by atoms with Crippen molar-refractivity contribution in [2.24, 2.45) is 22.7 Å². The highest BCUT2D eigenvalue weighted by Gasteiger charge is 2.56. The first kappa shape index (κ1) is 19.3. The van der Waals surface area contributed by atoms with Crippen molar-refractivity contribution in [3.8, 4) is 0 Å². The highest BCUT2D eigenvalue weighted by molar-refractivity contribution is 8.13. The van der Waals surface area contributed by atoms with E-state index < -0.39 is 0 Å². The van der Waals surface area contributed by atoms with Crippen molar-refractivity contribution in [2.45, 2.75) is 76.3 Å². The number of hydrogen-bond donors (Lipinski definition) is 1. The summed E-state index contributed by atoms with van der Waals surface area (Å²) in [6.07, 6.45) is 9.82. The van der Waals surface area contributed by atoms with Gasteiger partial charge in [-0.25, -0.2) is 4.98 Å². The Hall–Kier alpha value is -1.62. The Balaban J connectivity index is 1.43. The monoisotopic (exact) mass is 410 g/mol. The third-order valence-electron chi connectivity index (χ3n) is 8.55. The van der Waals surface area contributed by atoms with Crippen molar-refractivity contribution in [1.82, 2.24) is 10.3 Å². The number of aromatic nitrogens is 1. The molecule has 1 N–H and O–H groups in total. The van der Waals surface area contributed by atoms with E-state index in [4.69, 9.17) is 0 Å². The van der Waals surface area contributed by atoms with Gasteiger partial charge in [0.25, 0.3) is 0 Å². The van der Waals surface area contributed by atoms with Gasteiger partial charge >= 0.3 is 0 Å². The topological polar surface area (TPSA) is 59.1 Å². The van der Waals surface area contributed by atoms with Crippen LogP contribution in [0.5, 0.6) is 0 Å². The van der Waals surface area contributed by atoms with Crippen molar-refractivity contribution in [3.05, 3.63) is 35.5 Å². The number of allylic oxidation sites excluding steroid dienone is 2. The Bertz CT molecular complexity index is 882. The lowest BCUT2D eigenvalue weighted by atomic mass is 9.52. The second-order valence-corrected chi connectivity index (χ2v) is 10.9. The fraction of sp³-hybridized carbons (Fsp3) is 0.625. The Morgan fingerprint density at radius 1 is 1.14 bits per heavy atom. The number of carbonyl (C=O) groups is 2. The third kappa shape index (κ3) is 2.99. The third-order valence-corrected chi connectivity index (χ3v) is 9.49. The van der Waals surface area contributed by atoms with Gasteiger partial charge in [-0.05, 0) is 85.6 Å². The van der Waals surface area contributed by atoms with Crippen LogP contribution in [-0.4, -0.2) is 22.0 Å². The van der Waals surface area contributed by atoms with Gasteiger partial charge in [-0.2, -0.15) is 0 Å². The predicted octanol–water partition coefficient (Wildman–Crippen LogP) is 4.90. The zero-order valence-corrected chi connectivity index (χ0v) is 18.2. The summed E-state index contributed by atoms with van der Waals surface area (Å²) in [5, 5.41) is 4.38. The van der Waals surface area contributed by atoms with E-state index in [1.165, 1.54) is 11.8 Å². The van der Waals surface area contributed by atoms with Crippen LogP contribution in [0.15, 0.2) is 40.6 Å². The molecule has 5 heteroatoms. The van der Waals surface area contributed by atoms with Gasteiger partial charge in [0.1, 0.15) is 5.03 Å². The largest absolute Gasteiger partial charge is 0.353 e. The van der Waals surface area contributed by atoms with Crippen molar-refractivity contribution >= 4 is 22.8 Å². The molecule has 1 saturated heterocycles. The summed E-state index contributed by atoms with van der Waals surface area (Å²) in [5.41, 5.74) is 3.42. The zero-order chi connectivity index (χ0) is 20.2. The van der Waals surface area contributed by atoms with Gasteiger partial charge in [-0.3, -0.25) is 9.59 Å². The molecule has 5 atom stereocenters. The molecule has 29 heavy (non-hydrogen) atoms. The smallest absolute Gasteiger partial charge is 0.220 e. The van der Waals surface area contributed by atoms with E-state index in [1.54, 1.807) is 17.3 Å². The number of fused-ring (bicyclic) bond motifs is 4. The van der Waals surface area contributed by atoms with Gasteiger partial charge in [0.15, 0.2) is 5.12 Å². The summed E-state index contributed by atoms with van der Waals surface area (Å²) in [5.74, 6) is 0.888. The minimum atomic E-state index is 0.00576. The molecule has 3 aliphatic carbocycles. The summed E-state index contributed by atoms with van der Waals surface area (Å²) in [6.45, 7) is 4.75. The summed E-state index contributed by atoms with van der Waals surface area (Å²) in [7, 11) is 0. The summed E-state index contributed by atoms with van der Waals surface area (Å²) in [6, 6.07) is 6.08. The second kappa shape index (κ2) is 6.97. The molecule has 2 unspecified atom stereocenters. The quantitative estimate of drug-likeness (QED) is 0.556. The second-order valence-electron chi connectivity index (χ2n) is 9.86. The lowest BCUT2D eigenvalue weighted by Gasteiger charge is -2.55. The number of nitrogens with one attached hydrogen (secondary N) is 1. The molecule has 0 radical (unpaired) electrons. The number of hydrogen-bond acceptors (Lipinski definition) is 4. The van der Waals surface area contributed by atoms with Gasteiger partial charge in [0, 0.05) is 24.6 Å². The summed E-state index contributed by atoms with van der Waals surface area (Å²) >= 11 is 1.32. The van der Waals surface area contributed by atoms with Crippen LogP contribution in [0.4, 0.5) is 0 Å². The molecule has 5 rings (SSSR count). The molecule has 1 aromatic heterocycles. The van der Waals surface area contributed by atoms with Gasteiger partial charge < -0.3 is 5.32 Å². The van der Waals surface area contributed by atoms with Crippen LogP contribution in [0, 0.1) is 22.7 Å². The number of carbonyl (C=O) groups excluding carboxylic acids is 2. The summed E-state index contributed by atoms with van der Waals surface area (Å²) < 4.78 is 0. The molecule has 0 aromatic carbocycles. The van der Waals surface area contributed by atoms with Crippen molar-refractivity contribution in [1.29, 1.82) is 0 Å².